The van der Waals surface area contributed by atoms with Gasteiger partial charge in [-0.1, -0.05) is 41.9 Å². The number of benzene rings is 2. The van der Waals surface area contributed by atoms with Gasteiger partial charge < -0.3 is 14.2 Å². The molecular weight excluding hydrogens is 512 g/mol. The van der Waals surface area contributed by atoms with Crippen molar-refractivity contribution >= 4 is 46.1 Å². The summed E-state index contributed by atoms with van der Waals surface area (Å²) in [7, 11) is 3.48. The molecule has 3 heterocycles. The predicted octanol–water partition coefficient (Wildman–Crippen LogP) is 4.66. The van der Waals surface area contributed by atoms with Crippen LogP contribution in [0.2, 0.25) is 5.02 Å². The lowest BCUT2D eigenvalue weighted by atomic mass is 10.1. The molecule has 0 fully saturated rings. The summed E-state index contributed by atoms with van der Waals surface area (Å²) >= 11 is 6.32. The van der Waals surface area contributed by atoms with Crippen LogP contribution in [0, 0.1) is 6.92 Å². The first kappa shape index (κ1) is 25.0. The van der Waals surface area contributed by atoms with Gasteiger partial charge in [-0.25, -0.2) is 24.0 Å². The van der Waals surface area contributed by atoms with Gasteiger partial charge >= 0.3 is 17.9 Å². The van der Waals surface area contributed by atoms with E-state index in [9.17, 15) is 14.4 Å². The Balaban J connectivity index is 2.07. The van der Waals surface area contributed by atoms with Crippen LogP contribution >= 0.6 is 11.6 Å². The number of fused-ring (bicyclic) bond motifs is 3. The van der Waals surface area contributed by atoms with Crippen LogP contribution in [0.4, 0.5) is 0 Å². The second-order valence-electron chi connectivity index (χ2n) is 8.27. The van der Waals surface area contributed by atoms with Gasteiger partial charge in [-0.2, -0.15) is 5.10 Å². The summed E-state index contributed by atoms with van der Waals surface area (Å²) in [5, 5.41) is 5.00. The van der Waals surface area contributed by atoms with Gasteiger partial charge in [0, 0.05) is 10.6 Å². The molecule has 192 valence electrons. The standard InChI is InChI=1S/C27H21ClN4O6/c1-14-12-18(15-8-6-5-7-9-15)32(30-14)24-22-20(25(33)36-2)21(26(34)37-3)23(27(35)38-4)31(22)19-13-16(28)10-11-17(19)29-24/h5-13H,1-4H3. The lowest BCUT2D eigenvalue weighted by Crippen LogP contribution is -2.15. The van der Waals surface area contributed by atoms with Crippen LogP contribution in [0.3, 0.4) is 0 Å². The van der Waals surface area contributed by atoms with Gasteiger partial charge in [0.25, 0.3) is 0 Å². The van der Waals surface area contributed by atoms with Crippen molar-refractivity contribution in [3.05, 3.63) is 82.1 Å². The molecule has 3 aromatic heterocycles. The number of nitrogens with zero attached hydrogens (tertiary/aromatic N) is 4. The number of carbonyl (C=O) groups is 3. The average Bonchev–Trinajstić information content (AvgIpc) is 3.50. The second kappa shape index (κ2) is 9.64. The second-order valence-corrected chi connectivity index (χ2v) is 8.71. The van der Waals surface area contributed by atoms with E-state index in [0.29, 0.717) is 27.4 Å². The summed E-state index contributed by atoms with van der Waals surface area (Å²) in [5.41, 5.74) is 2.23. The van der Waals surface area contributed by atoms with Crippen molar-refractivity contribution in [2.24, 2.45) is 0 Å². The van der Waals surface area contributed by atoms with E-state index in [0.717, 1.165) is 12.7 Å². The Hall–Kier alpha value is -4.70. The van der Waals surface area contributed by atoms with Crippen molar-refractivity contribution in [1.29, 1.82) is 0 Å². The fraction of sp³-hybridized carbons (Fsp3) is 0.148. The van der Waals surface area contributed by atoms with Crippen molar-refractivity contribution in [3.63, 3.8) is 0 Å². The molecule has 5 rings (SSSR count). The van der Waals surface area contributed by atoms with Gasteiger partial charge in [0.15, 0.2) is 5.82 Å². The summed E-state index contributed by atoms with van der Waals surface area (Å²) in [5.74, 6) is -2.52. The highest BCUT2D eigenvalue weighted by molar-refractivity contribution is 6.31. The summed E-state index contributed by atoms with van der Waals surface area (Å²) < 4.78 is 18.0. The van der Waals surface area contributed by atoms with Gasteiger partial charge in [-0.3, -0.25) is 4.40 Å². The maximum Gasteiger partial charge on any atom is 0.355 e. The average molecular weight is 533 g/mol. The van der Waals surface area contributed by atoms with Crippen LogP contribution < -0.4 is 0 Å². The molecule has 0 unspecified atom stereocenters. The summed E-state index contributed by atoms with van der Waals surface area (Å²) in [6.45, 7) is 1.82. The van der Waals surface area contributed by atoms with Crippen molar-refractivity contribution in [3.8, 4) is 17.1 Å². The molecule has 0 N–H and O–H groups in total. The fourth-order valence-corrected chi connectivity index (χ4v) is 4.64. The Bertz CT molecular complexity index is 1760. The number of carbonyl (C=O) groups excluding carboxylic acids is 3. The number of methoxy groups -OCH3 is 3. The van der Waals surface area contributed by atoms with E-state index >= 15 is 0 Å². The van der Waals surface area contributed by atoms with E-state index in [1.807, 2.05) is 43.3 Å². The normalized spacial score (nSPS) is 11.1. The number of rotatable bonds is 5. The monoisotopic (exact) mass is 532 g/mol. The molecule has 0 aliphatic carbocycles. The molecule has 10 nitrogen and oxygen atoms in total. The molecule has 0 bridgehead atoms. The van der Waals surface area contributed by atoms with Crippen LogP contribution in [0.15, 0.2) is 54.6 Å². The van der Waals surface area contributed by atoms with E-state index < -0.39 is 17.9 Å². The third kappa shape index (κ3) is 3.86. The molecule has 11 heteroatoms. The van der Waals surface area contributed by atoms with Crippen molar-refractivity contribution in [1.82, 2.24) is 19.2 Å². The first-order valence-corrected chi connectivity index (χ1v) is 11.7. The minimum absolute atomic E-state index is 0.0905. The van der Waals surface area contributed by atoms with Crippen LogP contribution in [-0.4, -0.2) is 58.4 Å². The summed E-state index contributed by atoms with van der Waals surface area (Å²) in [4.78, 5) is 44.4. The first-order valence-electron chi connectivity index (χ1n) is 11.4. The molecule has 38 heavy (non-hydrogen) atoms. The number of ether oxygens (including phenoxy) is 3. The zero-order valence-corrected chi connectivity index (χ0v) is 21.6. The zero-order valence-electron chi connectivity index (χ0n) is 20.8. The van der Waals surface area contributed by atoms with E-state index in [2.05, 4.69) is 5.10 Å². The smallest absolute Gasteiger partial charge is 0.355 e. The Kier molecular flexibility index (Phi) is 6.33. The quantitative estimate of drug-likeness (QED) is 0.237. The molecule has 0 saturated carbocycles. The molecule has 0 amide bonds. The van der Waals surface area contributed by atoms with E-state index in [1.165, 1.54) is 18.6 Å². The van der Waals surface area contributed by atoms with Gasteiger partial charge in [0.1, 0.15) is 22.3 Å². The summed E-state index contributed by atoms with van der Waals surface area (Å²) in [6.07, 6.45) is 0. The Morgan fingerprint density at radius 1 is 0.842 bits per heavy atom. The highest BCUT2D eigenvalue weighted by atomic mass is 35.5. The van der Waals surface area contributed by atoms with Gasteiger partial charge in [-0.15, -0.1) is 0 Å². The molecule has 0 radical (unpaired) electrons. The number of halogens is 1. The van der Waals surface area contributed by atoms with Crippen molar-refractivity contribution < 1.29 is 28.6 Å². The highest BCUT2D eigenvalue weighted by Gasteiger charge is 2.36. The molecule has 0 aliphatic heterocycles. The van der Waals surface area contributed by atoms with Crippen LogP contribution in [0.1, 0.15) is 36.9 Å². The maximum atomic E-state index is 13.3. The van der Waals surface area contributed by atoms with Crippen LogP contribution in [0.25, 0.3) is 33.6 Å². The molecule has 0 spiro atoms. The lowest BCUT2D eigenvalue weighted by Gasteiger charge is -2.13. The third-order valence-electron chi connectivity index (χ3n) is 6.05. The molecular formula is C27H21ClN4O6. The molecule has 5 aromatic rings. The largest absolute Gasteiger partial charge is 0.465 e. The number of hydrogen-bond donors (Lipinski definition) is 0. The van der Waals surface area contributed by atoms with E-state index in [1.54, 1.807) is 22.9 Å². The third-order valence-corrected chi connectivity index (χ3v) is 6.28. The highest BCUT2D eigenvalue weighted by Crippen LogP contribution is 2.35. The molecule has 0 saturated heterocycles. The van der Waals surface area contributed by atoms with E-state index in [4.69, 9.17) is 30.8 Å². The van der Waals surface area contributed by atoms with Crippen LogP contribution in [0.5, 0.6) is 0 Å². The number of aromatic nitrogens is 4. The lowest BCUT2D eigenvalue weighted by molar-refractivity contribution is 0.0536. The van der Waals surface area contributed by atoms with Crippen molar-refractivity contribution in [2.45, 2.75) is 6.92 Å². The Labute approximate surface area is 221 Å². The van der Waals surface area contributed by atoms with Gasteiger partial charge in [0.2, 0.25) is 0 Å². The first-order chi connectivity index (χ1) is 18.3. The van der Waals surface area contributed by atoms with Crippen molar-refractivity contribution in [2.75, 3.05) is 21.3 Å². The Morgan fingerprint density at radius 3 is 2.16 bits per heavy atom. The number of esters is 3. The molecule has 0 aliphatic rings. The number of hydrogen-bond acceptors (Lipinski definition) is 8. The van der Waals surface area contributed by atoms with E-state index in [-0.39, 0.29) is 28.2 Å². The maximum absolute atomic E-state index is 13.3. The van der Waals surface area contributed by atoms with Gasteiger partial charge in [0.05, 0.1) is 43.8 Å². The fourth-order valence-electron chi connectivity index (χ4n) is 4.48. The Morgan fingerprint density at radius 2 is 1.50 bits per heavy atom. The SMILES string of the molecule is COC(=O)c1c(C(=O)OC)c2c(-n3nc(C)cc3-c3ccccc3)nc3ccc(Cl)cc3n2c1C(=O)OC. The molecule has 2 aromatic carbocycles. The topological polar surface area (TPSA) is 114 Å². The van der Waals surface area contributed by atoms with Crippen LogP contribution in [-0.2, 0) is 14.2 Å². The predicted molar refractivity (Wildman–Crippen MR) is 139 cm³/mol. The van der Waals surface area contributed by atoms with Gasteiger partial charge in [-0.05, 0) is 31.2 Å². The zero-order chi connectivity index (χ0) is 27.1. The number of aryl methyl sites for hydroxylation is 1. The molecule has 0 atom stereocenters. The minimum atomic E-state index is -0.935. The minimum Gasteiger partial charge on any atom is -0.465 e. The summed E-state index contributed by atoms with van der Waals surface area (Å²) in [6, 6.07) is 16.2.